The van der Waals surface area contributed by atoms with Crippen molar-refractivity contribution in [2.75, 3.05) is 44.2 Å². The van der Waals surface area contributed by atoms with Crippen molar-refractivity contribution in [3.8, 4) is 0 Å². The summed E-state index contributed by atoms with van der Waals surface area (Å²) in [6.07, 6.45) is 2.51. The summed E-state index contributed by atoms with van der Waals surface area (Å²) in [5.41, 5.74) is 2.48. The van der Waals surface area contributed by atoms with Gasteiger partial charge in [-0.1, -0.05) is 24.6 Å². The zero-order chi connectivity index (χ0) is 23.8. The number of fused-ring (bicyclic) bond motifs is 1. The number of benzene rings is 1. The third-order valence-corrected chi connectivity index (χ3v) is 7.49. The van der Waals surface area contributed by atoms with Gasteiger partial charge in [-0.25, -0.2) is 19.2 Å². The Hall–Kier alpha value is -2.49. The standard InChI is InChI=1S/C24H30ClFN6O2/c1-15-10-20(33)22-21(15)23(29-14-28-22)30-6-8-31(9-7-30)24(34)32(17-4-5-27-12-17)13-16-2-3-18(25)19(26)11-16/h2-3,11,14-15,17,20,27,33H,4-10,12-13H2,1H3/t15-,17-,20-/m1/s1. The lowest BCUT2D eigenvalue weighted by molar-refractivity contribution is 0.130. The van der Waals surface area contributed by atoms with E-state index in [1.807, 2.05) is 9.80 Å². The molecule has 2 saturated heterocycles. The van der Waals surface area contributed by atoms with Crippen molar-refractivity contribution in [1.29, 1.82) is 0 Å². The lowest BCUT2D eigenvalue weighted by atomic mass is 10.1. The third kappa shape index (κ3) is 4.44. The lowest BCUT2D eigenvalue weighted by Crippen LogP contribution is -2.55. The van der Waals surface area contributed by atoms with Gasteiger partial charge in [0.25, 0.3) is 0 Å². The van der Waals surface area contributed by atoms with Gasteiger partial charge in [-0.2, -0.15) is 0 Å². The third-order valence-electron chi connectivity index (χ3n) is 7.19. The van der Waals surface area contributed by atoms with E-state index in [1.165, 1.54) is 12.4 Å². The molecule has 182 valence electrons. The minimum atomic E-state index is -0.541. The minimum Gasteiger partial charge on any atom is -0.387 e. The van der Waals surface area contributed by atoms with E-state index in [0.717, 1.165) is 42.1 Å². The van der Waals surface area contributed by atoms with Crippen LogP contribution >= 0.6 is 11.6 Å². The molecule has 0 bridgehead atoms. The highest BCUT2D eigenvalue weighted by Gasteiger charge is 2.35. The zero-order valence-electron chi connectivity index (χ0n) is 19.3. The van der Waals surface area contributed by atoms with Crippen molar-refractivity contribution in [2.45, 2.75) is 44.4 Å². The van der Waals surface area contributed by atoms with E-state index in [4.69, 9.17) is 11.6 Å². The molecule has 0 saturated carbocycles. The molecule has 0 unspecified atom stereocenters. The highest BCUT2D eigenvalue weighted by Crippen LogP contribution is 2.42. The molecule has 8 nitrogen and oxygen atoms in total. The number of nitrogens with one attached hydrogen (secondary N) is 1. The number of piperazine rings is 1. The maximum atomic E-state index is 14.0. The van der Waals surface area contributed by atoms with Crippen LogP contribution < -0.4 is 10.2 Å². The quantitative estimate of drug-likeness (QED) is 0.688. The molecule has 2 N–H and O–H groups in total. The van der Waals surface area contributed by atoms with Crippen molar-refractivity contribution in [3.05, 3.63) is 52.2 Å². The Bertz CT molecular complexity index is 1060. The number of carbonyl (C=O) groups excluding carboxylic acids is 1. The average Bonchev–Trinajstić information content (AvgIpc) is 3.48. The van der Waals surface area contributed by atoms with Gasteiger partial charge in [-0.05, 0) is 43.0 Å². The van der Waals surface area contributed by atoms with Crippen LogP contribution in [0, 0.1) is 5.82 Å². The Kier molecular flexibility index (Phi) is 6.59. The Morgan fingerprint density at radius 2 is 2.09 bits per heavy atom. The first-order valence-electron chi connectivity index (χ1n) is 11.9. The van der Waals surface area contributed by atoms with Crippen LogP contribution in [0.5, 0.6) is 0 Å². The molecule has 2 aromatic rings. The lowest BCUT2D eigenvalue weighted by Gasteiger charge is -2.40. The summed E-state index contributed by atoms with van der Waals surface area (Å²) in [7, 11) is 0. The fourth-order valence-electron chi connectivity index (χ4n) is 5.34. The number of aromatic nitrogens is 2. The van der Waals surface area contributed by atoms with Crippen molar-refractivity contribution in [1.82, 2.24) is 25.1 Å². The summed E-state index contributed by atoms with van der Waals surface area (Å²) in [5.74, 6) is 0.599. The monoisotopic (exact) mass is 488 g/mol. The van der Waals surface area contributed by atoms with E-state index in [0.29, 0.717) is 39.1 Å². The molecule has 1 aromatic heterocycles. The molecule has 10 heteroatoms. The average molecular weight is 489 g/mol. The second-order valence-electron chi connectivity index (χ2n) is 9.43. The van der Waals surface area contributed by atoms with Crippen LogP contribution in [0.2, 0.25) is 5.02 Å². The van der Waals surface area contributed by atoms with Crippen LogP contribution in [0.15, 0.2) is 24.5 Å². The van der Waals surface area contributed by atoms with Crippen LogP contribution in [0.4, 0.5) is 15.0 Å². The molecule has 2 aliphatic heterocycles. The number of rotatable bonds is 4. The maximum absolute atomic E-state index is 14.0. The molecular weight excluding hydrogens is 459 g/mol. The number of hydrogen-bond acceptors (Lipinski definition) is 6. The number of urea groups is 1. The minimum absolute atomic E-state index is 0.0274. The van der Waals surface area contributed by atoms with Crippen LogP contribution in [-0.4, -0.2) is 76.2 Å². The van der Waals surface area contributed by atoms with E-state index in [1.54, 1.807) is 12.1 Å². The number of anilines is 1. The van der Waals surface area contributed by atoms with Gasteiger partial charge in [0.15, 0.2) is 0 Å². The summed E-state index contributed by atoms with van der Waals surface area (Å²) >= 11 is 5.84. The molecule has 1 aromatic carbocycles. The fourth-order valence-corrected chi connectivity index (χ4v) is 5.46. The fraction of sp³-hybridized carbons (Fsp3) is 0.542. The molecule has 3 aliphatic rings. The van der Waals surface area contributed by atoms with Gasteiger partial charge in [0, 0.05) is 50.9 Å². The van der Waals surface area contributed by atoms with Crippen molar-refractivity contribution < 1.29 is 14.3 Å². The van der Waals surface area contributed by atoms with Crippen molar-refractivity contribution >= 4 is 23.4 Å². The SMILES string of the molecule is C[C@@H]1C[C@@H](O)c2ncnc(N3CCN(C(=O)N(Cc4ccc(Cl)c(F)c4)[C@@H]4CCNC4)CC3)c21. The van der Waals surface area contributed by atoms with E-state index in [9.17, 15) is 14.3 Å². The first kappa shape index (κ1) is 23.3. The van der Waals surface area contributed by atoms with Crippen LogP contribution in [0.1, 0.15) is 48.6 Å². The van der Waals surface area contributed by atoms with Crippen molar-refractivity contribution in [3.63, 3.8) is 0 Å². The predicted octanol–water partition coefficient (Wildman–Crippen LogP) is 2.92. The number of aliphatic hydroxyl groups excluding tert-OH is 1. The summed E-state index contributed by atoms with van der Waals surface area (Å²) in [6, 6.07) is 4.77. The molecule has 2 fully saturated rings. The number of nitrogens with zero attached hydrogens (tertiary/aromatic N) is 5. The van der Waals surface area contributed by atoms with Gasteiger partial charge in [-0.15, -0.1) is 0 Å². The van der Waals surface area contributed by atoms with Crippen LogP contribution in [0.25, 0.3) is 0 Å². The molecule has 5 rings (SSSR count). The largest absolute Gasteiger partial charge is 0.387 e. The zero-order valence-corrected chi connectivity index (χ0v) is 20.0. The normalized spacial score (nSPS) is 24.4. The molecule has 1 aliphatic carbocycles. The first-order chi connectivity index (χ1) is 16.4. The van der Waals surface area contributed by atoms with E-state index in [2.05, 4.69) is 27.1 Å². The van der Waals surface area contributed by atoms with Crippen LogP contribution in [-0.2, 0) is 6.54 Å². The Labute approximate surface area is 203 Å². The molecule has 3 atom stereocenters. The topological polar surface area (TPSA) is 84.8 Å². The summed E-state index contributed by atoms with van der Waals surface area (Å²) in [6.45, 7) is 6.48. The predicted molar refractivity (Wildman–Crippen MR) is 127 cm³/mol. The number of halogens is 2. The van der Waals surface area contributed by atoms with Gasteiger partial charge in [0.05, 0.1) is 16.8 Å². The highest BCUT2D eigenvalue weighted by atomic mass is 35.5. The second-order valence-corrected chi connectivity index (χ2v) is 9.84. The van der Waals surface area contributed by atoms with Gasteiger partial charge in [0.2, 0.25) is 0 Å². The van der Waals surface area contributed by atoms with E-state index >= 15 is 0 Å². The van der Waals surface area contributed by atoms with Crippen molar-refractivity contribution in [2.24, 2.45) is 0 Å². The van der Waals surface area contributed by atoms with E-state index < -0.39 is 11.9 Å². The van der Waals surface area contributed by atoms with Gasteiger partial charge in [0.1, 0.15) is 18.0 Å². The van der Waals surface area contributed by atoms with Gasteiger partial charge >= 0.3 is 6.03 Å². The molecule has 3 heterocycles. The summed E-state index contributed by atoms with van der Waals surface area (Å²) < 4.78 is 14.0. The Balaban J connectivity index is 1.29. The number of amides is 2. The first-order valence-corrected chi connectivity index (χ1v) is 12.3. The summed E-state index contributed by atoms with van der Waals surface area (Å²) in [5, 5.41) is 13.7. The highest BCUT2D eigenvalue weighted by molar-refractivity contribution is 6.30. The van der Waals surface area contributed by atoms with Gasteiger partial charge in [-0.3, -0.25) is 0 Å². The maximum Gasteiger partial charge on any atom is 0.320 e. The Morgan fingerprint density at radius 3 is 2.79 bits per heavy atom. The number of hydrogen-bond donors (Lipinski definition) is 2. The number of carbonyl (C=O) groups is 1. The number of aliphatic hydroxyl groups is 1. The summed E-state index contributed by atoms with van der Waals surface area (Å²) in [4.78, 5) is 28.4. The Morgan fingerprint density at radius 1 is 1.29 bits per heavy atom. The molecule has 34 heavy (non-hydrogen) atoms. The van der Waals surface area contributed by atoms with Crippen LogP contribution in [0.3, 0.4) is 0 Å². The van der Waals surface area contributed by atoms with Gasteiger partial charge < -0.3 is 25.1 Å². The second kappa shape index (κ2) is 9.64. The molecule has 0 radical (unpaired) electrons. The molecule has 0 spiro atoms. The molecule has 2 amide bonds. The molecular formula is C24H30ClFN6O2. The van der Waals surface area contributed by atoms with E-state index in [-0.39, 0.29) is 23.0 Å². The smallest absolute Gasteiger partial charge is 0.320 e.